The van der Waals surface area contributed by atoms with Gasteiger partial charge in [-0.2, -0.15) is 0 Å². The van der Waals surface area contributed by atoms with Gasteiger partial charge in [-0.05, 0) is 11.6 Å². The molecule has 0 bridgehead atoms. The molecule has 0 atom stereocenters. The Morgan fingerprint density at radius 1 is 1.47 bits per heavy atom. The van der Waals surface area contributed by atoms with Gasteiger partial charge in [0.15, 0.2) is 0 Å². The fourth-order valence-corrected chi connectivity index (χ4v) is 1.45. The topological polar surface area (TPSA) is 80.4 Å². The number of benzene rings is 1. The van der Waals surface area contributed by atoms with Crippen molar-refractivity contribution >= 4 is 34.9 Å². The summed E-state index contributed by atoms with van der Waals surface area (Å²) in [4.78, 5) is 20.2. The van der Waals surface area contributed by atoms with Crippen molar-refractivity contribution in [2.24, 2.45) is 0 Å². The lowest BCUT2D eigenvalue weighted by molar-refractivity contribution is -0.384. The van der Waals surface area contributed by atoms with Crippen LogP contribution < -0.4 is 0 Å². The first kappa shape index (κ1) is 11.7. The number of carboxylic acid groups (broad SMARTS) is 1. The highest BCUT2D eigenvalue weighted by Crippen LogP contribution is 2.33. The standard InChI is InChI=1S/C8H5Cl2NO4/c9-5-1-4(3-7(12)13)2-6(8(5)10)11(14)15/h1-2H,3H2,(H,12,13). The van der Waals surface area contributed by atoms with E-state index in [1.165, 1.54) is 6.07 Å². The van der Waals surface area contributed by atoms with E-state index >= 15 is 0 Å². The van der Waals surface area contributed by atoms with Gasteiger partial charge in [0.1, 0.15) is 5.02 Å². The van der Waals surface area contributed by atoms with Crippen LogP contribution in [0.4, 0.5) is 5.69 Å². The van der Waals surface area contributed by atoms with Crippen molar-refractivity contribution in [2.45, 2.75) is 6.42 Å². The number of hydrogen-bond acceptors (Lipinski definition) is 3. The molecule has 1 aromatic rings. The van der Waals surface area contributed by atoms with E-state index in [0.717, 1.165) is 6.07 Å². The maximum Gasteiger partial charge on any atom is 0.307 e. The minimum atomic E-state index is -1.09. The highest BCUT2D eigenvalue weighted by Gasteiger charge is 2.17. The van der Waals surface area contributed by atoms with E-state index in [0.29, 0.717) is 0 Å². The maximum absolute atomic E-state index is 10.5. The Bertz CT molecular complexity index is 433. The zero-order valence-electron chi connectivity index (χ0n) is 7.24. The molecule has 0 aliphatic heterocycles. The zero-order valence-corrected chi connectivity index (χ0v) is 8.75. The summed E-state index contributed by atoms with van der Waals surface area (Å²) < 4.78 is 0. The van der Waals surface area contributed by atoms with Gasteiger partial charge in [-0.3, -0.25) is 14.9 Å². The molecule has 1 N–H and O–H groups in total. The lowest BCUT2D eigenvalue weighted by Gasteiger charge is -2.01. The number of halogens is 2. The summed E-state index contributed by atoms with van der Waals surface area (Å²) in [7, 11) is 0. The molecule has 0 unspecified atom stereocenters. The first-order valence-corrected chi connectivity index (χ1v) is 4.51. The van der Waals surface area contributed by atoms with Crippen molar-refractivity contribution in [3.05, 3.63) is 37.9 Å². The van der Waals surface area contributed by atoms with E-state index in [4.69, 9.17) is 28.3 Å². The van der Waals surface area contributed by atoms with Gasteiger partial charge >= 0.3 is 5.97 Å². The molecule has 0 fully saturated rings. The van der Waals surface area contributed by atoms with Crippen LogP contribution in [0.3, 0.4) is 0 Å². The summed E-state index contributed by atoms with van der Waals surface area (Å²) in [6, 6.07) is 2.40. The summed E-state index contributed by atoms with van der Waals surface area (Å²) in [6.07, 6.45) is -0.336. The Labute approximate surface area is 94.4 Å². The number of rotatable bonds is 3. The van der Waals surface area contributed by atoms with Gasteiger partial charge in [0.25, 0.3) is 5.69 Å². The molecule has 80 valence electrons. The average Bonchev–Trinajstić information content (AvgIpc) is 2.09. The van der Waals surface area contributed by atoms with Gasteiger partial charge in [0.2, 0.25) is 0 Å². The van der Waals surface area contributed by atoms with E-state index in [-0.39, 0.29) is 27.7 Å². The van der Waals surface area contributed by atoms with Crippen LogP contribution in [0.25, 0.3) is 0 Å². The van der Waals surface area contributed by atoms with Crippen LogP contribution in [-0.2, 0) is 11.2 Å². The number of hydrogen-bond donors (Lipinski definition) is 1. The predicted octanol–water partition coefficient (Wildman–Crippen LogP) is 2.53. The molecule has 0 aromatic heterocycles. The number of aliphatic carboxylic acids is 1. The van der Waals surface area contributed by atoms with Gasteiger partial charge in [0, 0.05) is 6.07 Å². The van der Waals surface area contributed by atoms with Crippen LogP contribution in [0.1, 0.15) is 5.56 Å². The Morgan fingerprint density at radius 3 is 2.53 bits per heavy atom. The fraction of sp³-hybridized carbons (Fsp3) is 0.125. The minimum Gasteiger partial charge on any atom is -0.481 e. The van der Waals surface area contributed by atoms with Crippen molar-refractivity contribution < 1.29 is 14.8 Å². The van der Waals surface area contributed by atoms with Crippen molar-refractivity contribution in [3.63, 3.8) is 0 Å². The lowest BCUT2D eigenvalue weighted by Crippen LogP contribution is -2.01. The second-order valence-corrected chi connectivity index (χ2v) is 3.52. The quantitative estimate of drug-likeness (QED) is 0.660. The molecule has 5 nitrogen and oxygen atoms in total. The molecule has 0 amide bonds. The molecular formula is C8H5Cl2NO4. The molecule has 0 spiro atoms. The van der Waals surface area contributed by atoms with Gasteiger partial charge in [0.05, 0.1) is 16.4 Å². The Morgan fingerprint density at radius 2 is 2.07 bits per heavy atom. The van der Waals surface area contributed by atoms with E-state index in [1.807, 2.05) is 0 Å². The van der Waals surface area contributed by atoms with E-state index in [9.17, 15) is 14.9 Å². The smallest absolute Gasteiger partial charge is 0.307 e. The number of nitro benzene ring substituents is 1. The molecule has 1 rings (SSSR count). The van der Waals surface area contributed by atoms with Crippen molar-refractivity contribution in [1.82, 2.24) is 0 Å². The first-order valence-electron chi connectivity index (χ1n) is 3.76. The number of nitrogens with zero attached hydrogens (tertiary/aromatic N) is 1. The van der Waals surface area contributed by atoms with Crippen LogP contribution in [0.15, 0.2) is 12.1 Å². The average molecular weight is 250 g/mol. The first-order chi connectivity index (χ1) is 6.91. The Kier molecular flexibility index (Phi) is 3.49. The van der Waals surface area contributed by atoms with Crippen LogP contribution in [-0.4, -0.2) is 16.0 Å². The number of carboxylic acids is 1. The highest BCUT2D eigenvalue weighted by molar-refractivity contribution is 6.43. The minimum absolute atomic E-state index is 0.0258. The van der Waals surface area contributed by atoms with Gasteiger partial charge in [-0.15, -0.1) is 0 Å². The molecule has 15 heavy (non-hydrogen) atoms. The monoisotopic (exact) mass is 249 g/mol. The predicted molar refractivity (Wildman–Crippen MR) is 54.5 cm³/mol. The zero-order chi connectivity index (χ0) is 11.6. The van der Waals surface area contributed by atoms with E-state index in [2.05, 4.69) is 0 Å². The highest BCUT2D eigenvalue weighted by atomic mass is 35.5. The normalized spacial score (nSPS) is 10.0. The Balaban J connectivity index is 3.23. The summed E-state index contributed by atoms with van der Waals surface area (Å²) in [6.45, 7) is 0. The van der Waals surface area contributed by atoms with E-state index in [1.54, 1.807) is 0 Å². The summed E-state index contributed by atoms with van der Waals surface area (Å²) in [5.74, 6) is -1.09. The molecule has 0 aliphatic rings. The largest absolute Gasteiger partial charge is 0.481 e. The third-order valence-electron chi connectivity index (χ3n) is 1.62. The lowest BCUT2D eigenvalue weighted by atomic mass is 10.1. The molecule has 0 aliphatic carbocycles. The number of carbonyl (C=O) groups is 1. The van der Waals surface area contributed by atoms with Crippen LogP contribution >= 0.6 is 23.2 Å². The van der Waals surface area contributed by atoms with Crippen LogP contribution in [0.5, 0.6) is 0 Å². The third kappa shape index (κ3) is 2.81. The summed E-state index contributed by atoms with van der Waals surface area (Å²) >= 11 is 11.2. The fourth-order valence-electron chi connectivity index (χ4n) is 1.04. The van der Waals surface area contributed by atoms with Gasteiger partial charge in [-0.1, -0.05) is 23.2 Å². The molecule has 1 aromatic carbocycles. The van der Waals surface area contributed by atoms with E-state index < -0.39 is 10.9 Å². The SMILES string of the molecule is O=C(O)Cc1cc(Cl)c(Cl)c([N+](=O)[O-])c1. The van der Waals surface area contributed by atoms with Crippen LogP contribution in [0.2, 0.25) is 10.0 Å². The second kappa shape index (κ2) is 4.46. The van der Waals surface area contributed by atoms with Crippen LogP contribution in [0, 0.1) is 10.1 Å². The van der Waals surface area contributed by atoms with Crippen molar-refractivity contribution in [1.29, 1.82) is 0 Å². The molecule has 0 radical (unpaired) electrons. The molecule has 0 saturated heterocycles. The summed E-state index contributed by atoms with van der Waals surface area (Å²) in [5.41, 5.74) is -0.149. The Hall–Kier alpha value is -1.33. The van der Waals surface area contributed by atoms with Crippen molar-refractivity contribution in [3.8, 4) is 0 Å². The van der Waals surface area contributed by atoms with Crippen molar-refractivity contribution in [2.75, 3.05) is 0 Å². The van der Waals surface area contributed by atoms with Gasteiger partial charge < -0.3 is 5.11 Å². The number of nitro groups is 1. The maximum atomic E-state index is 10.5. The molecule has 0 heterocycles. The molecular weight excluding hydrogens is 245 g/mol. The van der Waals surface area contributed by atoms with Gasteiger partial charge in [-0.25, -0.2) is 0 Å². The summed E-state index contributed by atoms with van der Waals surface area (Å²) in [5, 5.41) is 18.8. The second-order valence-electron chi connectivity index (χ2n) is 2.74. The third-order valence-corrected chi connectivity index (χ3v) is 2.41. The molecule has 0 saturated carbocycles. The molecule has 7 heteroatoms.